The maximum atomic E-state index is 12.6. The zero-order valence-electron chi connectivity index (χ0n) is 15.5. The fourth-order valence-corrected chi connectivity index (χ4v) is 4.76. The fourth-order valence-electron chi connectivity index (χ4n) is 3.29. The van der Waals surface area contributed by atoms with Crippen LogP contribution in [0.25, 0.3) is 0 Å². The maximum absolute atomic E-state index is 12.6. The molecule has 2 aromatic rings. The van der Waals surface area contributed by atoms with E-state index in [0.29, 0.717) is 39.0 Å². The summed E-state index contributed by atoms with van der Waals surface area (Å²) in [6, 6.07) is 19.6. The zero-order chi connectivity index (χ0) is 19.1. The molecular formula is C21H26N2O3S. The summed E-state index contributed by atoms with van der Waals surface area (Å²) in [5.74, 6) is 0.207. The molecule has 0 saturated carbocycles. The lowest BCUT2D eigenvalue weighted by atomic mass is 10.1. The van der Waals surface area contributed by atoms with E-state index >= 15 is 0 Å². The normalized spacial score (nSPS) is 15.6. The van der Waals surface area contributed by atoms with Gasteiger partial charge >= 0.3 is 0 Å². The van der Waals surface area contributed by atoms with Crippen LogP contribution in [0.4, 0.5) is 0 Å². The first-order chi connectivity index (χ1) is 13.0. The van der Waals surface area contributed by atoms with E-state index in [1.165, 1.54) is 4.31 Å². The predicted octanol–water partition coefficient (Wildman–Crippen LogP) is 2.34. The molecule has 0 spiro atoms. The Morgan fingerprint density at radius 3 is 1.85 bits per heavy atom. The van der Waals surface area contributed by atoms with Gasteiger partial charge in [0.25, 0.3) is 0 Å². The molecule has 0 N–H and O–H groups in total. The van der Waals surface area contributed by atoms with Crippen molar-refractivity contribution < 1.29 is 13.2 Å². The van der Waals surface area contributed by atoms with Gasteiger partial charge in [-0.2, -0.15) is 4.31 Å². The highest BCUT2D eigenvalue weighted by atomic mass is 32.2. The summed E-state index contributed by atoms with van der Waals surface area (Å²) in [4.78, 5) is 14.2. The molecule has 0 unspecified atom stereocenters. The first-order valence-electron chi connectivity index (χ1n) is 9.38. The summed E-state index contributed by atoms with van der Waals surface area (Å²) in [7, 11) is -3.29. The van der Waals surface area contributed by atoms with Crippen LogP contribution in [0.5, 0.6) is 0 Å². The quantitative estimate of drug-likeness (QED) is 0.734. The highest BCUT2D eigenvalue weighted by Crippen LogP contribution is 2.12. The number of hydrogen-bond acceptors (Lipinski definition) is 3. The molecule has 27 heavy (non-hydrogen) atoms. The predicted molar refractivity (Wildman–Crippen MR) is 107 cm³/mol. The molecular weight excluding hydrogens is 360 g/mol. The topological polar surface area (TPSA) is 57.7 Å². The first kappa shape index (κ1) is 19.6. The zero-order valence-corrected chi connectivity index (χ0v) is 16.3. The standard InChI is InChI=1S/C21H26N2O3S/c24-21(12-11-19-7-3-1-4-8-19)22-14-16-23(17-15-22)27(25,26)18-13-20-9-5-2-6-10-20/h1-10H,11-18H2. The smallest absolute Gasteiger partial charge is 0.222 e. The molecule has 0 aliphatic carbocycles. The second-order valence-electron chi connectivity index (χ2n) is 6.82. The van der Waals surface area contributed by atoms with E-state index in [-0.39, 0.29) is 11.7 Å². The molecule has 1 amide bonds. The maximum Gasteiger partial charge on any atom is 0.222 e. The molecule has 0 bridgehead atoms. The minimum atomic E-state index is -3.29. The molecule has 6 heteroatoms. The molecule has 0 radical (unpaired) electrons. The second kappa shape index (κ2) is 9.15. The molecule has 1 heterocycles. The van der Waals surface area contributed by atoms with Crippen LogP contribution >= 0.6 is 0 Å². The van der Waals surface area contributed by atoms with E-state index in [4.69, 9.17) is 0 Å². The van der Waals surface area contributed by atoms with Crippen molar-refractivity contribution in [2.45, 2.75) is 19.3 Å². The Balaban J connectivity index is 1.45. The molecule has 3 rings (SSSR count). The van der Waals surface area contributed by atoms with E-state index in [2.05, 4.69) is 0 Å². The van der Waals surface area contributed by atoms with Crippen LogP contribution in [0.1, 0.15) is 17.5 Å². The van der Waals surface area contributed by atoms with E-state index in [1.807, 2.05) is 60.7 Å². The molecule has 0 aromatic heterocycles. The number of aryl methyl sites for hydroxylation is 2. The number of sulfonamides is 1. The Labute approximate surface area is 161 Å². The van der Waals surface area contributed by atoms with Gasteiger partial charge in [-0.25, -0.2) is 8.42 Å². The van der Waals surface area contributed by atoms with Crippen molar-refractivity contribution in [3.8, 4) is 0 Å². The highest BCUT2D eigenvalue weighted by Gasteiger charge is 2.28. The van der Waals surface area contributed by atoms with Crippen LogP contribution in [0.2, 0.25) is 0 Å². The minimum Gasteiger partial charge on any atom is -0.340 e. The van der Waals surface area contributed by atoms with Crippen molar-refractivity contribution >= 4 is 15.9 Å². The molecule has 1 saturated heterocycles. The average molecular weight is 387 g/mol. The van der Waals surface area contributed by atoms with Gasteiger partial charge in [-0.05, 0) is 24.0 Å². The van der Waals surface area contributed by atoms with E-state index in [0.717, 1.165) is 17.5 Å². The average Bonchev–Trinajstić information content (AvgIpc) is 2.72. The van der Waals surface area contributed by atoms with Crippen molar-refractivity contribution in [2.75, 3.05) is 31.9 Å². The number of hydrogen-bond donors (Lipinski definition) is 0. The Bertz CT molecular complexity index is 830. The summed E-state index contributed by atoms with van der Waals surface area (Å²) in [5, 5.41) is 0. The Morgan fingerprint density at radius 1 is 0.778 bits per heavy atom. The number of rotatable bonds is 7. The number of amides is 1. The third-order valence-corrected chi connectivity index (χ3v) is 6.82. The highest BCUT2D eigenvalue weighted by molar-refractivity contribution is 7.89. The minimum absolute atomic E-state index is 0.0974. The number of nitrogens with zero attached hydrogens (tertiary/aromatic N) is 2. The molecule has 2 aromatic carbocycles. The van der Waals surface area contributed by atoms with Crippen LogP contribution in [0.3, 0.4) is 0 Å². The van der Waals surface area contributed by atoms with Crippen molar-refractivity contribution in [3.05, 3.63) is 71.8 Å². The Morgan fingerprint density at radius 2 is 1.30 bits per heavy atom. The van der Waals surface area contributed by atoms with Crippen LogP contribution in [0.15, 0.2) is 60.7 Å². The fraction of sp³-hybridized carbons (Fsp3) is 0.381. The molecule has 1 aliphatic rings. The van der Waals surface area contributed by atoms with E-state index in [9.17, 15) is 13.2 Å². The van der Waals surface area contributed by atoms with Crippen LogP contribution in [-0.2, 0) is 27.7 Å². The van der Waals surface area contributed by atoms with Crippen molar-refractivity contribution in [1.29, 1.82) is 0 Å². The monoisotopic (exact) mass is 386 g/mol. The Kier molecular flexibility index (Phi) is 6.63. The van der Waals surface area contributed by atoms with Crippen LogP contribution in [0, 0.1) is 0 Å². The van der Waals surface area contributed by atoms with Gasteiger partial charge < -0.3 is 4.90 Å². The van der Waals surface area contributed by atoms with Crippen molar-refractivity contribution in [1.82, 2.24) is 9.21 Å². The lowest BCUT2D eigenvalue weighted by Crippen LogP contribution is -2.51. The molecule has 0 atom stereocenters. The summed E-state index contributed by atoms with van der Waals surface area (Å²) in [5.41, 5.74) is 2.17. The van der Waals surface area contributed by atoms with Gasteiger partial charge in [-0.3, -0.25) is 4.79 Å². The van der Waals surface area contributed by atoms with Crippen molar-refractivity contribution in [2.24, 2.45) is 0 Å². The largest absolute Gasteiger partial charge is 0.340 e. The SMILES string of the molecule is O=C(CCc1ccccc1)N1CCN(S(=O)(=O)CCc2ccccc2)CC1. The lowest BCUT2D eigenvalue weighted by molar-refractivity contribution is -0.132. The van der Waals surface area contributed by atoms with Crippen LogP contribution < -0.4 is 0 Å². The molecule has 1 aliphatic heterocycles. The van der Waals surface area contributed by atoms with Gasteiger partial charge in [-0.15, -0.1) is 0 Å². The summed E-state index contributed by atoms with van der Waals surface area (Å²) in [6.45, 7) is 1.71. The molecule has 144 valence electrons. The first-order valence-corrected chi connectivity index (χ1v) is 11.0. The number of benzene rings is 2. The number of carbonyl (C=O) groups excluding carboxylic acids is 1. The van der Waals surface area contributed by atoms with Crippen LogP contribution in [-0.4, -0.2) is 55.5 Å². The molecule has 1 fully saturated rings. The van der Waals surface area contributed by atoms with Gasteiger partial charge in [0.1, 0.15) is 0 Å². The van der Waals surface area contributed by atoms with Gasteiger partial charge in [0.15, 0.2) is 0 Å². The van der Waals surface area contributed by atoms with Crippen molar-refractivity contribution in [3.63, 3.8) is 0 Å². The number of carbonyl (C=O) groups is 1. The van der Waals surface area contributed by atoms with Gasteiger partial charge in [0.2, 0.25) is 15.9 Å². The van der Waals surface area contributed by atoms with E-state index < -0.39 is 10.0 Å². The third kappa shape index (κ3) is 5.65. The summed E-state index contributed by atoms with van der Waals surface area (Å²) < 4.78 is 26.7. The van der Waals surface area contributed by atoms with Gasteiger partial charge in [0.05, 0.1) is 5.75 Å². The van der Waals surface area contributed by atoms with Gasteiger partial charge in [-0.1, -0.05) is 60.7 Å². The Hall–Kier alpha value is -2.18. The molecule has 5 nitrogen and oxygen atoms in total. The number of piperazine rings is 1. The lowest BCUT2D eigenvalue weighted by Gasteiger charge is -2.34. The van der Waals surface area contributed by atoms with E-state index in [1.54, 1.807) is 4.90 Å². The summed E-state index contributed by atoms with van der Waals surface area (Å²) >= 11 is 0. The third-order valence-electron chi connectivity index (χ3n) is 4.95. The summed E-state index contributed by atoms with van der Waals surface area (Å²) in [6.07, 6.45) is 1.69. The van der Waals surface area contributed by atoms with Gasteiger partial charge in [0, 0.05) is 32.6 Å². The second-order valence-corrected chi connectivity index (χ2v) is 8.91.